The van der Waals surface area contributed by atoms with E-state index in [1.165, 1.54) is 0 Å². The lowest BCUT2D eigenvalue weighted by Crippen LogP contribution is -2.36. The fraction of sp³-hybridized carbons (Fsp3) is 0.667. The molecule has 0 bridgehead atoms. The van der Waals surface area contributed by atoms with Gasteiger partial charge in [-0.3, -0.25) is 5.32 Å². The first-order chi connectivity index (χ1) is 9.27. The van der Waals surface area contributed by atoms with Crippen molar-refractivity contribution in [3.05, 3.63) is 11.8 Å². The number of urea groups is 1. The van der Waals surface area contributed by atoms with Gasteiger partial charge >= 0.3 is 6.03 Å². The summed E-state index contributed by atoms with van der Waals surface area (Å²) in [6.45, 7) is 4.63. The molecule has 3 rings (SSSR count). The van der Waals surface area contributed by atoms with E-state index < -0.39 is 9.84 Å². The van der Waals surface area contributed by atoms with E-state index in [2.05, 4.69) is 10.5 Å². The second-order valence-electron chi connectivity index (χ2n) is 6.05. The van der Waals surface area contributed by atoms with Gasteiger partial charge in [0.05, 0.1) is 17.2 Å². The van der Waals surface area contributed by atoms with Crippen LogP contribution in [0.3, 0.4) is 0 Å². The van der Waals surface area contributed by atoms with Crippen LogP contribution in [0.25, 0.3) is 0 Å². The summed E-state index contributed by atoms with van der Waals surface area (Å²) in [4.78, 5) is 13.8. The molecule has 8 heteroatoms. The summed E-state index contributed by atoms with van der Waals surface area (Å²) in [5.41, 5.74) is 0.365. The average molecular weight is 299 g/mol. The SMILES string of the molecule is Cc1cc(NC(=O)N2C[C@@H]3CS(=O)(=O)C[C@]3(C)C2)on1. The molecule has 3 heterocycles. The first-order valence-corrected chi connectivity index (χ1v) is 8.29. The number of nitrogens with one attached hydrogen (secondary N) is 1. The Balaban J connectivity index is 1.68. The Kier molecular flexibility index (Phi) is 2.82. The summed E-state index contributed by atoms with van der Waals surface area (Å²) in [6.07, 6.45) is 0. The number of hydrogen-bond donors (Lipinski definition) is 1. The third-order valence-corrected chi connectivity index (χ3v) is 6.14. The Morgan fingerprint density at radius 1 is 1.60 bits per heavy atom. The number of nitrogens with zero attached hydrogens (tertiary/aromatic N) is 2. The Morgan fingerprint density at radius 2 is 2.35 bits per heavy atom. The lowest BCUT2D eigenvalue weighted by molar-refractivity contribution is 0.216. The van der Waals surface area contributed by atoms with Crippen molar-refractivity contribution >= 4 is 21.8 Å². The van der Waals surface area contributed by atoms with E-state index in [0.29, 0.717) is 24.7 Å². The van der Waals surface area contributed by atoms with Crippen molar-refractivity contribution in [3.63, 3.8) is 0 Å². The van der Waals surface area contributed by atoms with Gasteiger partial charge in [0.15, 0.2) is 9.84 Å². The fourth-order valence-corrected chi connectivity index (χ4v) is 5.73. The maximum Gasteiger partial charge on any atom is 0.324 e. The van der Waals surface area contributed by atoms with Crippen LogP contribution in [-0.4, -0.2) is 49.1 Å². The van der Waals surface area contributed by atoms with E-state index in [1.54, 1.807) is 17.9 Å². The molecule has 0 saturated carbocycles. The molecule has 1 aromatic heterocycles. The Labute approximate surface area is 117 Å². The van der Waals surface area contributed by atoms with Gasteiger partial charge < -0.3 is 9.42 Å². The quantitative estimate of drug-likeness (QED) is 0.831. The highest BCUT2D eigenvalue weighted by Gasteiger charge is 2.53. The average Bonchev–Trinajstić information content (AvgIpc) is 2.88. The predicted molar refractivity (Wildman–Crippen MR) is 72.1 cm³/mol. The second-order valence-corrected chi connectivity index (χ2v) is 8.16. The number of carbonyl (C=O) groups excluding carboxylic acids is 1. The molecule has 0 unspecified atom stereocenters. The number of carbonyl (C=O) groups is 1. The van der Waals surface area contributed by atoms with Gasteiger partial charge in [-0.15, -0.1) is 0 Å². The summed E-state index contributed by atoms with van der Waals surface area (Å²) in [6, 6.07) is 1.37. The van der Waals surface area contributed by atoms with Crippen molar-refractivity contribution in [1.82, 2.24) is 10.1 Å². The molecule has 2 amide bonds. The van der Waals surface area contributed by atoms with Crippen LogP contribution in [0, 0.1) is 18.3 Å². The predicted octanol–water partition coefficient (Wildman–Crippen LogP) is 0.881. The van der Waals surface area contributed by atoms with E-state index in [9.17, 15) is 13.2 Å². The van der Waals surface area contributed by atoms with Gasteiger partial charge in [0, 0.05) is 24.6 Å². The first kappa shape index (κ1) is 13.4. The number of fused-ring (bicyclic) bond motifs is 1. The van der Waals surface area contributed by atoms with Crippen LogP contribution in [0.5, 0.6) is 0 Å². The minimum absolute atomic E-state index is 0.0229. The van der Waals surface area contributed by atoms with Crippen molar-refractivity contribution in [1.29, 1.82) is 0 Å². The van der Waals surface area contributed by atoms with Crippen molar-refractivity contribution in [2.24, 2.45) is 11.3 Å². The summed E-state index contributed by atoms with van der Waals surface area (Å²) < 4.78 is 28.3. The number of anilines is 1. The summed E-state index contributed by atoms with van der Waals surface area (Å²) in [5.74, 6) is 0.668. The maximum atomic E-state index is 12.1. The smallest absolute Gasteiger partial charge is 0.324 e. The molecule has 2 saturated heterocycles. The topological polar surface area (TPSA) is 92.5 Å². The number of amides is 2. The molecule has 2 fully saturated rings. The third-order valence-electron chi connectivity index (χ3n) is 4.13. The number of rotatable bonds is 1. The molecule has 0 spiro atoms. The third kappa shape index (κ3) is 2.28. The van der Waals surface area contributed by atoms with Crippen LogP contribution in [0.4, 0.5) is 10.7 Å². The van der Waals surface area contributed by atoms with Crippen molar-refractivity contribution in [2.45, 2.75) is 13.8 Å². The molecule has 110 valence electrons. The highest BCUT2D eigenvalue weighted by molar-refractivity contribution is 7.91. The van der Waals surface area contributed by atoms with Crippen molar-refractivity contribution < 1.29 is 17.7 Å². The highest BCUT2D eigenvalue weighted by atomic mass is 32.2. The molecule has 0 radical (unpaired) electrons. The van der Waals surface area contributed by atoms with Crippen LogP contribution in [0.1, 0.15) is 12.6 Å². The number of likely N-dealkylation sites (tertiary alicyclic amines) is 1. The van der Waals surface area contributed by atoms with E-state index in [1.807, 2.05) is 6.92 Å². The fourth-order valence-electron chi connectivity index (χ4n) is 3.16. The highest BCUT2D eigenvalue weighted by Crippen LogP contribution is 2.43. The Bertz CT molecular complexity index is 653. The molecule has 1 aromatic rings. The van der Waals surface area contributed by atoms with Gasteiger partial charge in [-0.25, -0.2) is 13.2 Å². The van der Waals surface area contributed by atoms with Crippen LogP contribution >= 0.6 is 0 Å². The maximum absolute atomic E-state index is 12.1. The van der Waals surface area contributed by atoms with Crippen LogP contribution in [0.15, 0.2) is 10.6 Å². The van der Waals surface area contributed by atoms with Crippen molar-refractivity contribution in [3.8, 4) is 0 Å². The molecule has 2 aliphatic rings. The largest absolute Gasteiger partial charge is 0.338 e. The zero-order valence-corrected chi connectivity index (χ0v) is 12.2. The standard InChI is InChI=1S/C12H17N3O4S/c1-8-3-10(19-14-8)13-11(16)15-4-9-5-20(17,18)7-12(9,2)6-15/h3,9H,4-7H2,1-2H3,(H,13,16)/t9-,12+/m1/s1. The van der Waals surface area contributed by atoms with Crippen LogP contribution < -0.4 is 5.32 Å². The van der Waals surface area contributed by atoms with Crippen LogP contribution in [-0.2, 0) is 9.84 Å². The molecule has 1 N–H and O–H groups in total. The minimum atomic E-state index is -2.96. The van der Waals surface area contributed by atoms with Crippen molar-refractivity contribution in [2.75, 3.05) is 29.9 Å². The summed E-state index contributed by atoms with van der Waals surface area (Å²) in [5, 5.41) is 6.34. The molecule has 0 aromatic carbocycles. The molecular weight excluding hydrogens is 282 g/mol. The molecule has 2 atom stereocenters. The zero-order valence-electron chi connectivity index (χ0n) is 11.4. The van der Waals surface area contributed by atoms with E-state index in [-0.39, 0.29) is 28.9 Å². The second kappa shape index (κ2) is 4.21. The molecule has 0 aliphatic carbocycles. The summed E-state index contributed by atoms with van der Waals surface area (Å²) in [7, 11) is -2.96. The first-order valence-electron chi connectivity index (χ1n) is 6.47. The normalized spacial score (nSPS) is 31.3. The van der Waals surface area contributed by atoms with Crippen LogP contribution in [0.2, 0.25) is 0 Å². The lowest BCUT2D eigenvalue weighted by atomic mass is 9.84. The van der Waals surface area contributed by atoms with Gasteiger partial charge in [-0.1, -0.05) is 12.1 Å². The van der Waals surface area contributed by atoms with E-state index in [0.717, 1.165) is 0 Å². The van der Waals surface area contributed by atoms with Gasteiger partial charge in [-0.2, -0.15) is 0 Å². The van der Waals surface area contributed by atoms with Gasteiger partial charge in [0.1, 0.15) is 0 Å². The monoisotopic (exact) mass is 299 g/mol. The minimum Gasteiger partial charge on any atom is -0.338 e. The van der Waals surface area contributed by atoms with E-state index in [4.69, 9.17) is 4.52 Å². The number of hydrogen-bond acceptors (Lipinski definition) is 5. The van der Waals surface area contributed by atoms with E-state index >= 15 is 0 Å². The zero-order chi connectivity index (χ0) is 14.5. The lowest BCUT2D eigenvalue weighted by Gasteiger charge is -2.21. The Hall–Kier alpha value is -1.57. The van der Waals surface area contributed by atoms with Gasteiger partial charge in [-0.05, 0) is 12.8 Å². The molecule has 7 nitrogen and oxygen atoms in total. The van der Waals surface area contributed by atoms with Gasteiger partial charge in [0.25, 0.3) is 0 Å². The number of aromatic nitrogens is 1. The number of sulfone groups is 1. The Morgan fingerprint density at radius 3 is 2.95 bits per heavy atom. The molecular formula is C12H17N3O4S. The molecule has 20 heavy (non-hydrogen) atoms. The summed E-state index contributed by atoms with van der Waals surface area (Å²) >= 11 is 0. The van der Waals surface area contributed by atoms with Gasteiger partial charge in [0.2, 0.25) is 5.88 Å². The number of aryl methyl sites for hydroxylation is 1. The molecule has 2 aliphatic heterocycles.